The summed E-state index contributed by atoms with van der Waals surface area (Å²) in [5.74, 6) is 0. The number of pyridine rings is 2. The van der Waals surface area contributed by atoms with Gasteiger partial charge >= 0.3 is 0 Å². The van der Waals surface area contributed by atoms with Gasteiger partial charge in [0, 0.05) is 18.6 Å². The van der Waals surface area contributed by atoms with Crippen molar-refractivity contribution in [2.24, 2.45) is 0 Å². The fourth-order valence-corrected chi connectivity index (χ4v) is 2.36. The molecule has 0 aliphatic heterocycles. The third-order valence-electron chi connectivity index (χ3n) is 2.00. The molecule has 2 aromatic rings. The lowest BCUT2D eigenvalue weighted by atomic mass is 10.4. The summed E-state index contributed by atoms with van der Waals surface area (Å²) in [5.41, 5.74) is -0.308. The van der Waals surface area contributed by atoms with Crippen molar-refractivity contribution in [3.8, 4) is 0 Å². The lowest BCUT2D eigenvalue weighted by molar-refractivity contribution is 0.600. The van der Waals surface area contributed by atoms with E-state index in [4.69, 9.17) is 0 Å². The number of nitrogens with one attached hydrogen (secondary N) is 2. The molecule has 0 amide bonds. The second-order valence-corrected chi connectivity index (χ2v) is 4.86. The fraction of sp³-hybridized carbons (Fsp3) is 0. The molecular weight excluding hydrogens is 242 g/mol. The van der Waals surface area contributed by atoms with Gasteiger partial charge in [0.15, 0.2) is 4.90 Å². The van der Waals surface area contributed by atoms with E-state index in [1.165, 1.54) is 42.9 Å². The maximum Gasteiger partial charge on any atom is 0.268 e. The molecule has 0 spiro atoms. The van der Waals surface area contributed by atoms with E-state index in [1.54, 1.807) is 0 Å². The number of aromatic nitrogens is 2. The van der Waals surface area contributed by atoms with Crippen LogP contribution in [0.3, 0.4) is 0 Å². The van der Waals surface area contributed by atoms with Gasteiger partial charge in [-0.1, -0.05) is 0 Å². The Morgan fingerprint density at radius 1 is 1.18 bits per heavy atom. The van der Waals surface area contributed by atoms with Crippen molar-refractivity contribution in [3.63, 3.8) is 0 Å². The number of hydrogen-bond donors (Lipinski definition) is 2. The first-order valence-corrected chi connectivity index (χ1v) is 6.18. The van der Waals surface area contributed by atoms with Gasteiger partial charge in [0.05, 0.1) is 5.69 Å². The Balaban J connectivity index is 2.39. The largest absolute Gasteiger partial charge is 0.328 e. The summed E-state index contributed by atoms with van der Waals surface area (Å²) >= 11 is 0. The van der Waals surface area contributed by atoms with E-state index < -0.39 is 15.6 Å². The van der Waals surface area contributed by atoms with Crippen LogP contribution in [0.4, 0.5) is 5.69 Å². The molecular formula is C10H9N3O3S. The highest BCUT2D eigenvalue weighted by Crippen LogP contribution is 2.11. The second kappa shape index (κ2) is 4.38. The van der Waals surface area contributed by atoms with Crippen molar-refractivity contribution in [1.29, 1.82) is 0 Å². The second-order valence-electron chi connectivity index (χ2n) is 3.20. The van der Waals surface area contributed by atoms with E-state index in [-0.39, 0.29) is 4.90 Å². The fourth-order valence-electron chi connectivity index (χ4n) is 1.25. The van der Waals surface area contributed by atoms with Crippen molar-refractivity contribution >= 4 is 15.7 Å². The number of aromatic amines is 1. The van der Waals surface area contributed by atoms with Crippen molar-refractivity contribution in [1.82, 2.24) is 9.97 Å². The van der Waals surface area contributed by atoms with E-state index in [9.17, 15) is 13.2 Å². The Morgan fingerprint density at radius 3 is 2.53 bits per heavy atom. The van der Waals surface area contributed by atoms with Gasteiger partial charge in [-0.25, -0.2) is 8.42 Å². The van der Waals surface area contributed by atoms with Crippen LogP contribution in [0.1, 0.15) is 0 Å². The Kier molecular flexibility index (Phi) is 2.92. The summed E-state index contributed by atoms with van der Waals surface area (Å²) < 4.78 is 26.0. The van der Waals surface area contributed by atoms with Gasteiger partial charge in [0.25, 0.3) is 15.6 Å². The highest BCUT2D eigenvalue weighted by molar-refractivity contribution is 7.92. The van der Waals surface area contributed by atoms with Gasteiger partial charge in [0.2, 0.25) is 0 Å². The van der Waals surface area contributed by atoms with Crippen LogP contribution in [0.15, 0.2) is 52.5 Å². The quantitative estimate of drug-likeness (QED) is 0.834. The zero-order chi connectivity index (χ0) is 12.3. The molecule has 2 rings (SSSR count). The van der Waals surface area contributed by atoms with Crippen LogP contribution in [0.25, 0.3) is 0 Å². The number of H-pyrrole nitrogens is 1. The standard InChI is InChI=1S/C10H9N3O3S/c14-10-9(2-1-5-12-10)17(15,16)13-8-3-6-11-7-4-8/h1-7H,(H,11,13)(H,12,14). The molecule has 0 fully saturated rings. The molecule has 2 N–H and O–H groups in total. The summed E-state index contributed by atoms with van der Waals surface area (Å²) in [6.45, 7) is 0. The Labute approximate surface area is 97.4 Å². The molecule has 0 aromatic carbocycles. The minimum Gasteiger partial charge on any atom is -0.328 e. The molecule has 6 nitrogen and oxygen atoms in total. The molecule has 2 heterocycles. The lowest BCUT2D eigenvalue weighted by Crippen LogP contribution is -2.22. The number of nitrogens with zero attached hydrogens (tertiary/aromatic N) is 1. The molecule has 0 aliphatic carbocycles. The molecule has 0 radical (unpaired) electrons. The number of sulfonamides is 1. The Morgan fingerprint density at radius 2 is 1.88 bits per heavy atom. The first-order chi connectivity index (χ1) is 8.09. The average Bonchev–Trinajstić information content (AvgIpc) is 2.30. The highest BCUT2D eigenvalue weighted by atomic mass is 32.2. The van der Waals surface area contributed by atoms with E-state index >= 15 is 0 Å². The van der Waals surface area contributed by atoms with Crippen molar-refractivity contribution < 1.29 is 8.42 Å². The molecule has 0 atom stereocenters. The van der Waals surface area contributed by atoms with Crippen LogP contribution in [-0.2, 0) is 10.0 Å². The first kappa shape index (κ1) is 11.3. The van der Waals surface area contributed by atoms with Crippen LogP contribution in [0, 0.1) is 0 Å². The molecule has 88 valence electrons. The van der Waals surface area contributed by atoms with E-state index in [2.05, 4.69) is 14.7 Å². The maximum absolute atomic E-state index is 11.9. The minimum absolute atomic E-state index is 0.322. The zero-order valence-corrected chi connectivity index (χ0v) is 9.44. The average molecular weight is 251 g/mol. The van der Waals surface area contributed by atoms with Crippen LogP contribution in [0.2, 0.25) is 0 Å². The molecule has 0 saturated heterocycles. The molecule has 0 saturated carbocycles. The zero-order valence-electron chi connectivity index (χ0n) is 8.62. The normalized spacial score (nSPS) is 11.1. The summed E-state index contributed by atoms with van der Waals surface area (Å²) in [4.78, 5) is 17.1. The minimum atomic E-state index is -3.87. The van der Waals surface area contributed by atoms with E-state index in [1.807, 2.05) is 0 Å². The predicted octanol–water partition coefficient (Wildman–Crippen LogP) is 0.571. The molecule has 17 heavy (non-hydrogen) atoms. The van der Waals surface area contributed by atoms with Gasteiger partial charge in [-0.3, -0.25) is 14.5 Å². The SMILES string of the molecule is O=c1[nH]cccc1S(=O)(=O)Nc1ccncc1. The van der Waals surface area contributed by atoms with Crippen molar-refractivity contribution in [2.45, 2.75) is 4.90 Å². The van der Waals surface area contributed by atoms with Gasteiger partial charge in [0.1, 0.15) is 0 Å². The van der Waals surface area contributed by atoms with E-state index in [0.29, 0.717) is 5.69 Å². The molecule has 2 aromatic heterocycles. The van der Waals surface area contributed by atoms with Gasteiger partial charge in [-0.05, 0) is 24.3 Å². The summed E-state index contributed by atoms with van der Waals surface area (Å²) in [7, 11) is -3.87. The molecule has 0 aliphatic rings. The Bertz CT molecular complexity index is 664. The number of hydrogen-bond acceptors (Lipinski definition) is 4. The third kappa shape index (κ3) is 2.51. The van der Waals surface area contributed by atoms with Crippen molar-refractivity contribution in [2.75, 3.05) is 4.72 Å². The predicted molar refractivity (Wildman–Crippen MR) is 62.1 cm³/mol. The highest BCUT2D eigenvalue weighted by Gasteiger charge is 2.17. The van der Waals surface area contributed by atoms with E-state index in [0.717, 1.165) is 0 Å². The smallest absolute Gasteiger partial charge is 0.268 e. The summed E-state index contributed by atoms with van der Waals surface area (Å²) in [5, 5.41) is 0. The lowest BCUT2D eigenvalue weighted by Gasteiger charge is -2.06. The monoisotopic (exact) mass is 251 g/mol. The molecule has 0 bridgehead atoms. The third-order valence-corrected chi connectivity index (χ3v) is 3.41. The maximum atomic E-state index is 11.9. The topological polar surface area (TPSA) is 91.9 Å². The Hall–Kier alpha value is -2.15. The van der Waals surface area contributed by atoms with Crippen LogP contribution < -0.4 is 10.3 Å². The van der Waals surface area contributed by atoms with Crippen LogP contribution >= 0.6 is 0 Å². The number of anilines is 1. The number of rotatable bonds is 3. The summed E-state index contributed by atoms with van der Waals surface area (Å²) in [6.07, 6.45) is 4.27. The molecule has 7 heteroatoms. The van der Waals surface area contributed by atoms with Crippen LogP contribution in [0.5, 0.6) is 0 Å². The van der Waals surface area contributed by atoms with Gasteiger partial charge < -0.3 is 4.98 Å². The van der Waals surface area contributed by atoms with Crippen LogP contribution in [-0.4, -0.2) is 18.4 Å². The van der Waals surface area contributed by atoms with Gasteiger partial charge in [-0.2, -0.15) is 0 Å². The molecule has 0 unspecified atom stereocenters. The van der Waals surface area contributed by atoms with Crippen molar-refractivity contribution in [3.05, 3.63) is 53.2 Å². The first-order valence-electron chi connectivity index (χ1n) is 4.70. The summed E-state index contributed by atoms with van der Waals surface area (Å²) in [6, 6.07) is 5.67. The van der Waals surface area contributed by atoms with Gasteiger partial charge in [-0.15, -0.1) is 0 Å².